The van der Waals surface area contributed by atoms with E-state index in [4.69, 9.17) is 15.9 Å². The van der Waals surface area contributed by atoms with Gasteiger partial charge in [0, 0.05) is 6.04 Å². The molecule has 0 aromatic rings. The molecule has 0 aromatic heterocycles. The lowest BCUT2D eigenvalue weighted by Gasteiger charge is -2.13. The number of hydrogen-bond acceptors (Lipinski definition) is 3. The van der Waals surface area contributed by atoms with Crippen LogP contribution in [0.5, 0.6) is 0 Å². The zero-order chi connectivity index (χ0) is 9.56. The van der Waals surface area contributed by atoms with Gasteiger partial charge in [0.2, 0.25) is 0 Å². The first kappa shape index (κ1) is 11.4. The van der Waals surface area contributed by atoms with E-state index >= 15 is 0 Å². The monoisotopic (exact) mass is 175 g/mol. The van der Waals surface area contributed by atoms with Crippen LogP contribution < -0.4 is 5.73 Å². The molecule has 72 valence electrons. The highest BCUT2D eigenvalue weighted by atomic mass is 16.4. The van der Waals surface area contributed by atoms with Gasteiger partial charge in [-0.2, -0.15) is 0 Å². The molecule has 12 heavy (non-hydrogen) atoms. The number of hydrogen-bond donors (Lipinski definition) is 3. The molecule has 0 heterocycles. The van der Waals surface area contributed by atoms with Crippen LogP contribution in [0.4, 0.5) is 0 Å². The van der Waals surface area contributed by atoms with Gasteiger partial charge in [-0.05, 0) is 12.8 Å². The standard InChI is InChI=1S/C8H17NO3/c1-2-3-6(9)4-7(10)5-8(11)12/h6-7,10H,2-5,9H2,1H3,(H,11,12)/t6-,7?/m0/s1. The molecule has 0 rings (SSSR count). The largest absolute Gasteiger partial charge is 0.481 e. The van der Waals surface area contributed by atoms with Crippen LogP contribution in [-0.4, -0.2) is 28.3 Å². The maximum absolute atomic E-state index is 10.1. The van der Waals surface area contributed by atoms with Crippen molar-refractivity contribution in [2.45, 2.75) is 44.8 Å². The van der Waals surface area contributed by atoms with Crippen molar-refractivity contribution in [1.29, 1.82) is 0 Å². The SMILES string of the molecule is CCC[C@H](N)CC(O)CC(=O)O. The predicted molar refractivity (Wildman–Crippen MR) is 45.8 cm³/mol. The molecule has 0 radical (unpaired) electrons. The number of nitrogens with two attached hydrogens (primary N) is 1. The third-order valence-corrected chi connectivity index (χ3v) is 1.64. The highest BCUT2D eigenvalue weighted by Crippen LogP contribution is 2.05. The average molecular weight is 175 g/mol. The summed E-state index contributed by atoms with van der Waals surface area (Å²) in [7, 11) is 0. The maximum Gasteiger partial charge on any atom is 0.305 e. The Labute approximate surface area is 72.4 Å². The zero-order valence-corrected chi connectivity index (χ0v) is 7.36. The third kappa shape index (κ3) is 6.12. The Morgan fingerprint density at radius 1 is 1.58 bits per heavy atom. The first-order chi connectivity index (χ1) is 5.56. The van der Waals surface area contributed by atoms with Crippen LogP contribution in [0.15, 0.2) is 0 Å². The van der Waals surface area contributed by atoms with Crippen molar-refractivity contribution in [2.24, 2.45) is 5.73 Å². The molecule has 2 atom stereocenters. The molecule has 1 unspecified atom stereocenters. The fourth-order valence-electron chi connectivity index (χ4n) is 1.12. The predicted octanol–water partition coefficient (Wildman–Crippen LogP) is 0.340. The minimum absolute atomic E-state index is 0.0793. The summed E-state index contributed by atoms with van der Waals surface area (Å²) in [6.07, 6.45) is 1.15. The first-order valence-corrected chi connectivity index (χ1v) is 4.21. The lowest BCUT2D eigenvalue weighted by atomic mass is 10.0. The summed E-state index contributed by atoms with van der Waals surface area (Å²) in [5, 5.41) is 17.5. The van der Waals surface area contributed by atoms with E-state index in [0.29, 0.717) is 6.42 Å². The van der Waals surface area contributed by atoms with Crippen molar-refractivity contribution in [3.05, 3.63) is 0 Å². The normalized spacial score (nSPS) is 15.6. The second kappa shape index (κ2) is 5.97. The zero-order valence-electron chi connectivity index (χ0n) is 7.36. The lowest BCUT2D eigenvalue weighted by Crippen LogP contribution is -2.27. The molecular formula is C8H17NO3. The number of carboxylic acids is 1. The fraction of sp³-hybridized carbons (Fsp3) is 0.875. The Morgan fingerprint density at radius 2 is 2.17 bits per heavy atom. The fourth-order valence-corrected chi connectivity index (χ4v) is 1.12. The van der Waals surface area contributed by atoms with Crippen molar-refractivity contribution in [2.75, 3.05) is 0 Å². The summed E-state index contributed by atoms with van der Waals surface area (Å²) in [6.45, 7) is 2.00. The molecule has 0 aromatic carbocycles. The Hall–Kier alpha value is -0.610. The van der Waals surface area contributed by atoms with E-state index in [1.54, 1.807) is 0 Å². The first-order valence-electron chi connectivity index (χ1n) is 4.21. The van der Waals surface area contributed by atoms with Crippen LogP contribution in [0.2, 0.25) is 0 Å². The lowest BCUT2D eigenvalue weighted by molar-refractivity contribution is -0.139. The topological polar surface area (TPSA) is 83.5 Å². The molecule has 0 saturated carbocycles. The van der Waals surface area contributed by atoms with Gasteiger partial charge in [0.1, 0.15) is 0 Å². The van der Waals surface area contributed by atoms with Crippen LogP contribution in [0.25, 0.3) is 0 Å². The van der Waals surface area contributed by atoms with Crippen molar-refractivity contribution in [1.82, 2.24) is 0 Å². The summed E-state index contributed by atoms with van der Waals surface area (Å²) in [5.74, 6) is -0.980. The van der Waals surface area contributed by atoms with Gasteiger partial charge in [0.25, 0.3) is 0 Å². The highest BCUT2D eigenvalue weighted by molar-refractivity contribution is 5.67. The summed E-state index contributed by atoms with van der Waals surface area (Å²) in [4.78, 5) is 10.1. The van der Waals surface area contributed by atoms with Crippen LogP contribution >= 0.6 is 0 Å². The van der Waals surface area contributed by atoms with Crippen molar-refractivity contribution < 1.29 is 15.0 Å². The maximum atomic E-state index is 10.1. The van der Waals surface area contributed by atoms with Gasteiger partial charge in [0.15, 0.2) is 0 Å². The molecular weight excluding hydrogens is 158 g/mol. The molecule has 0 aliphatic heterocycles. The van der Waals surface area contributed by atoms with E-state index in [-0.39, 0.29) is 12.5 Å². The molecule has 0 fully saturated rings. The van der Waals surface area contributed by atoms with E-state index in [1.165, 1.54) is 0 Å². The Bertz CT molecular complexity index is 138. The molecule has 0 aliphatic carbocycles. The van der Waals surface area contributed by atoms with Gasteiger partial charge in [-0.25, -0.2) is 0 Å². The Balaban J connectivity index is 3.53. The van der Waals surface area contributed by atoms with E-state index in [1.807, 2.05) is 6.92 Å². The van der Waals surface area contributed by atoms with Crippen LogP contribution in [0, 0.1) is 0 Å². The van der Waals surface area contributed by atoms with E-state index in [0.717, 1.165) is 12.8 Å². The van der Waals surface area contributed by atoms with Crippen LogP contribution in [0.3, 0.4) is 0 Å². The number of aliphatic hydroxyl groups is 1. The average Bonchev–Trinajstić information content (AvgIpc) is 1.84. The Morgan fingerprint density at radius 3 is 2.58 bits per heavy atom. The molecule has 4 N–H and O–H groups in total. The second-order valence-corrected chi connectivity index (χ2v) is 3.04. The number of aliphatic hydroxyl groups excluding tert-OH is 1. The summed E-state index contributed by atoms with van der Waals surface area (Å²) in [6, 6.07) is -0.0793. The van der Waals surface area contributed by atoms with E-state index < -0.39 is 12.1 Å². The second-order valence-electron chi connectivity index (χ2n) is 3.04. The minimum atomic E-state index is -0.980. The number of carbonyl (C=O) groups is 1. The summed E-state index contributed by atoms with van der Waals surface area (Å²) >= 11 is 0. The molecule has 4 heteroatoms. The van der Waals surface area contributed by atoms with Gasteiger partial charge in [-0.1, -0.05) is 13.3 Å². The summed E-state index contributed by atoms with van der Waals surface area (Å²) < 4.78 is 0. The third-order valence-electron chi connectivity index (χ3n) is 1.64. The van der Waals surface area contributed by atoms with Crippen molar-refractivity contribution >= 4 is 5.97 Å². The quantitative estimate of drug-likeness (QED) is 0.543. The van der Waals surface area contributed by atoms with Gasteiger partial charge in [-0.3, -0.25) is 4.79 Å². The molecule has 0 aliphatic rings. The van der Waals surface area contributed by atoms with Crippen LogP contribution in [-0.2, 0) is 4.79 Å². The Kier molecular flexibility index (Phi) is 5.66. The van der Waals surface area contributed by atoms with Gasteiger partial charge in [-0.15, -0.1) is 0 Å². The molecule has 0 spiro atoms. The van der Waals surface area contributed by atoms with Crippen molar-refractivity contribution in [3.63, 3.8) is 0 Å². The van der Waals surface area contributed by atoms with E-state index in [2.05, 4.69) is 0 Å². The van der Waals surface area contributed by atoms with Crippen LogP contribution in [0.1, 0.15) is 32.6 Å². The molecule has 0 saturated heterocycles. The van der Waals surface area contributed by atoms with E-state index in [9.17, 15) is 4.79 Å². The smallest absolute Gasteiger partial charge is 0.305 e. The highest BCUT2D eigenvalue weighted by Gasteiger charge is 2.12. The molecule has 4 nitrogen and oxygen atoms in total. The molecule has 0 bridgehead atoms. The van der Waals surface area contributed by atoms with Gasteiger partial charge >= 0.3 is 5.97 Å². The number of rotatable bonds is 6. The minimum Gasteiger partial charge on any atom is -0.481 e. The van der Waals surface area contributed by atoms with Crippen molar-refractivity contribution in [3.8, 4) is 0 Å². The van der Waals surface area contributed by atoms with Gasteiger partial charge in [0.05, 0.1) is 12.5 Å². The number of aliphatic carboxylic acids is 1. The molecule has 0 amide bonds. The number of carboxylic acid groups (broad SMARTS) is 1. The summed E-state index contributed by atoms with van der Waals surface area (Å²) in [5.41, 5.74) is 5.61. The van der Waals surface area contributed by atoms with Gasteiger partial charge < -0.3 is 15.9 Å².